The first kappa shape index (κ1) is 10.5. The molecule has 78 valence electrons. The highest BCUT2D eigenvalue weighted by Gasteiger charge is 2.27. The lowest BCUT2D eigenvalue weighted by Gasteiger charge is -2.34. The van der Waals surface area contributed by atoms with Crippen LogP contribution in [0.2, 0.25) is 0 Å². The Morgan fingerprint density at radius 3 is 2.57 bits per heavy atom. The third kappa shape index (κ3) is 2.30. The van der Waals surface area contributed by atoms with E-state index in [0.29, 0.717) is 11.5 Å². The van der Waals surface area contributed by atoms with Gasteiger partial charge in [0.15, 0.2) is 0 Å². The molecule has 0 spiro atoms. The Hall–Kier alpha value is -0.0600. The van der Waals surface area contributed by atoms with Crippen LogP contribution in [-0.2, 0) is 0 Å². The summed E-state index contributed by atoms with van der Waals surface area (Å²) in [5, 5.41) is 4.49. The summed E-state index contributed by atoms with van der Waals surface area (Å²) in [5.74, 6) is 0. The highest BCUT2D eigenvalue weighted by Crippen LogP contribution is 2.39. The minimum atomic E-state index is 0.552. The van der Waals surface area contributed by atoms with Gasteiger partial charge in [-0.3, -0.25) is 4.68 Å². The number of hydrogen-bond donors (Lipinski definition) is 0. The van der Waals surface area contributed by atoms with Gasteiger partial charge in [0.1, 0.15) is 3.70 Å². The fourth-order valence-electron chi connectivity index (χ4n) is 2.17. The van der Waals surface area contributed by atoms with Gasteiger partial charge in [-0.1, -0.05) is 13.8 Å². The average molecular weight is 304 g/mol. The molecule has 0 radical (unpaired) electrons. The Labute approximate surface area is 99.2 Å². The fourth-order valence-corrected chi connectivity index (χ4v) is 2.58. The maximum Gasteiger partial charge on any atom is 0.123 e. The predicted molar refractivity (Wildman–Crippen MR) is 66.2 cm³/mol. The molecule has 1 fully saturated rings. The molecule has 0 aromatic carbocycles. The van der Waals surface area contributed by atoms with Crippen molar-refractivity contribution >= 4 is 22.6 Å². The second kappa shape index (κ2) is 3.83. The summed E-state index contributed by atoms with van der Waals surface area (Å²) >= 11 is 2.27. The smallest absolute Gasteiger partial charge is 0.123 e. The lowest BCUT2D eigenvalue weighted by Crippen LogP contribution is -2.23. The molecule has 0 saturated heterocycles. The maximum absolute atomic E-state index is 4.49. The van der Waals surface area contributed by atoms with E-state index in [0.717, 1.165) is 3.70 Å². The average Bonchev–Trinajstić information content (AvgIpc) is 2.52. The molecule has 0 unspecified atom stereocenters. The number of nitrogens with zero attached hydrogens (tertiary/aromatic N) is 2. The molecule has 3 heteroatoms. The summed E-state index contributed by atoms with van der Waals surface area (Å²) in [6.45, 7) is 4.74. The SMILES string of the molecule is CC1(C)CCC(n2ccc(I)n2)CC1. The van der Waals surface area contributed by atoms with Crippen LogP contribution in [-0.4, -0.2) is 9.78 Å². The van der Waals surface area contributed by atoms with Crippen molar-refractivity contribution in [1.29, 1.82) is 0 Å². The molecule has 2 nitrogen and oxygen atoms in total. The molecule has 1 saturated carbocycles. The molecule has 1 aliphatic carbocycles. The van der Waals surface area contributed by atoms with E-state index in [1.165, 1.54) is 25.7 Å². The van der Waals surface area contributed by atoms with Gasteiger partial charge >= 0.3 is 0 Å². The fraction of sp³-hybridized carbons (Fsp3) is 0.727. The van der Waals surface area contributed by atoms with E-state index in [1.807, 2.05) is 0 Å². The van der Waals surface area contributed by atoms with Crippen LogP contribution in [0.1, 0.15) is 45.6 Å². The summed E-state index contributed by atoms with van der Waals surface area (Å²) in [5.41, 5.74) is 0.552. The van der Waals surface area contributed by atoms with Gasteiger partial charge in [-0.05, 0) is 59.8 Å². The topological polar surface area (TPSA) is 17.8 Å². The first-order valence-electron chi connectivity index (χ1n) is 5.27. The van der Waals surface area contributed by atoms with Crippen molar-refractivity contribution in [2.75, 3.05) is 0 Å². The van der Waals surface area contributed by atoms with Gasteiger partial charge < -0.3 is 0 Å². The zero-order chi connectivity index (χ0) is 10.2. The van der Waals surface area contributed by atoms with E-state index in [9.17, 15) is 0 Å². The summed E-state index contributed by atoms with van der Waals surface area (Å²) in [4.78, 5) is 0. The van der Waals surface area contributed by atoms with Crippen LogP contribution in [0.25, 0.3) is 0 Å². The van der Waals surface area contributed by atoms with Crippen LogP contribution in [0.3, 0.4) is 0 Å². The quantitative estimate of drug-likeness (QED) is 0.725. The molecular formula is C11H17IN2. The normalized spacial score (nSPS) is 22.5. The van der Waals surface area contributed by atoms with Crippen molar-refractivity contribution in [2.45, 2.75) is 45.6 Å². The second-order valence-electron chi connectivity index (χ2n) is 5.01. The third-order valence-electron chi connectivity index (χ3n) is 3.26. The number of hydrogen-bond acceptors (Lipinski definition) is 1. The number of halogens is 1. The first-order chi connectivity index (χ1) is 6.57. The van der Waals surface area contributed by atoms with Crippen LogP contribution in [0.15, 0.2) is 12.3 Å². The Balaban J connectivity index is 2.02. The molecule has 1 heterocycles. The van der Waals surface area contributed by atoms with Crippen molar-refractivity contribution in [2.24, 2.45) is 5.41 Å². The van der Waals surface area contributed by atoms with Gasteiger partial charge in [0.2, 0.25) is 0 Å². The van der Waals surface area contributed by atoms with E-state index in [2.05, 4.69) is 58.5 Å². The van der Waals surface area contributed by atoms with Gasteiger partial charge in [0.25, 0.3) is 0 Å². The van der Waals surface area contributed by atoms with Gasteiger partial charge in [0.05, 0.1) is 6.04 Å². The first-order valence-corrected chi connectivity index (χ1v) is 6.35. The molecule has 0 N–H and O–H groups in total. The monoisotopic (exact) mass is 304 g/mol. The minimum Gasteiger partial charge on any atom is -0.269 e. The van der Waals surface area contributed by atoms with E-state index < -0.39 is 0 Å². The molecule has 0 bridgehead atoms. The van der Waals surface area contributed by atoms with Crippen molar-refractivity contribution in [3.63, 3.8) is 0 Å². The highest BCUT2D eigenvalue weighted by molar-refractivity contribution is 14.1. The third-order valence-corrected chi connectivity index (χ3v) is 3.83. The van der Waals surface area contributed by atoms with Crippen LogP contribution in [0.4, 0.5) is 0 Å². The largest absolute Gasteiger partial charge is 0.269 e. The maximum atomic E-state index is 4.49. The summed E-state index contributed by atoms with van der Waals surface area (Å²) in [7, 11) is 0. The highest BCUT2D eigenvalue weighted by atomic mass is 127. The number of rotatable bonds is 1. The zero-order valence-corrected chi connectivity index (χ0v) is 11.0. The summed E-state index contributed by atoms with van der Waals surface area (Å²) in [6, 6.07) is 2.73. The number of aromatic nitrogens is 2. The van der Waals surface area contributed by atoms with Crippen molar-refractivity contribution in [3.8, 4) is 0 Å². The van der Waals surface area contributed by atoms with Crippen LogP contribution in [0.5, 0.6) is 0 Å². The minimum absolute atomic E-state index is 0.552. The summed E-state index contributed by atoms with van der Waals surface area (Å²) < 4.78 is 3.25. The van der Waals surface area contributed by atoms with Gasteiger partial charge in [-0.2, -0.15) is 5.10 Å². The second-order valence-corrected chi connectivity index (χ2v) is 6.12. The lowest BCUT2D eigenvalue weighted by molar-refractivity contribution is 0.186. The Morgan fingerprint density at radius 2 is 2.07 bits per heavy atom. The standard InChI is InChI=1S/C11H17IN2/c1-11(2)6-3-9(4-7-11)14-8-5-10(12)13-14/h5,8-9H,3-4,6-7H2,1-2H3. The molecule has 1 aliphatic rings. The predicted octanol–water partition coefficient (Wildman–Crippen LogP) is 3.63. The molecule has 1 aromatic heterocycles. The summed E-state index contributed by atoms with van der Waals surface area (Å²) in [6.07, 6.45) is 7.34. The molecular weight excluding hydrogens is 287 g/mol. The van der Waals surface area contributed by atoms with Gasteiger partial charge in [-0.15, -0.1) is 0 Å². The Kier molecular flexibility index (Phi) is 2.86. The van der Waals surface area contributed by atoms with Gasteiger partial charge in [-0.25, -0.2) is 0 Å². The Bertz CT molecular complexity index is 307. The lowest BCUT2D eigenvalue weighted by atomic mass is 9.76. The van der Waals surface area contributed by atoms with Crippen LogP contribution < -0.4 is 0 Å². The molecule has 0 aliphatic heterocycles. The van der Waals surface area contributed by atoms with E-state index in [4.69, 9.17) is 0 Å². The molecule has 0 amide bonds. The zero-order valence-electron chi connectivity index (χ0n) is 8.83. The molecule has 14 heavy (non-hydrogen) atoms. The molecule has 2 rings (SSSR count). The molecule has 0 atom stereocenters. The van der Waals surface area contributed by atoms with Crippen LogP contribution >= 0.6 is 22.6 Å². The van der Waals surface area contributed by atoms with E-state index in [1.54, 1.807) is 0 Å². The molecule has 1 aromatic rings. The van der Waals surface area contributed by atoms with E-state index >= 15 is 0 Å². The Morgan fingerprint density at radius 1 is 1.43 bits per heavy atom. The van der Waals surface area contributed by atoms with E-state index in [-0.39, 0.29) is 0 Å². The van der Waals surface area contributed by atoms with Crippen molar-refractivity contribution in [3.05, 3.63) is 16.0 Å². The van der Waals surface area contributed by atoms with Crippen molar-refractivity contribution in [1.82, 2.24) is 9.78 Å². The van der Waals surface area contributed by atoms with Gasteiger partial charge in [0, 0.05) is 6.20 Å². The van der Waals surface area contributed by atoms with Crippen molar-refractivity contribution < 1.29 is 0 Å². The van der Waals surface area contributed by atoms with Crippen LogP contribution in [0, 0.1) is 9.12 Å².